The van der Waals surface area contributed by atoms with Gasteiger partial charge in [-0.1, -0.05) is 29.8 Å². The third kappa shape index (κ3) is 2.19. The Morgan fingerprint density at radius 2 is 2.13 bits per heavy atom. The van der Waals surface area contributed by atoms with Gasteiger partial charge in [0.25, 0.3) is 0 Å². The summed E-state index contributed by atoms with van der Waals surface area (Å²) in [6.45, 7) is 1.31. The van der Waals surface area contributed by atoms with E-state index in [1.807, 2.05) is 35.1 Å². The SMILES string of the molecule is NCCn1cc(-c2ccccc2Cl)cn1. The monoisotopic (exact) mass is 221 g/mol. The zero-order valence-corrected chi connectivity index (χ0v) is 8.98. The molecule has 2 N–H and O–H groups in total. The third-order valence-electron chi connectivity index (χ3n) is 2.18. The molecular formula is C11H12ClN3. The second-order valence-corrected chi connectivity index (χ2v) is 3.67. The van der Waals surface area contributed by atoms with E-state index >= 15 is 0 Å². The molecule has 0 fully saturated rings. The third-order valence-corrected chi connectivity index (χ3v) is 2.51. The molecule has 0 saturated heterocycles. The molecule has 2 aromatic rings. The zero-order valence-electron chi connectivity index (χ0n) is 8.23. The van der Waals surface area contributed by atoms with E-state index in [-0.39, 0.29) is 0 Å². The van der Waals surface area contributed by atoms with Gasteiger partial charge in [-0.2, -0.15) is 5.10 Å². The average Bonchev–Trinajstić information content (AvgIpc) is 2.68. The van der Waals surface area contributed by atoms with Gasteiger partial charge in [-0.25, -0.2) is 0 Å². The molecule has 2 rings (SSSR count). The molecule has 15 heavy (non-hydrogen) atoms. The fourth-order valence-corrected chi connectivity index (χ4v) is 1.70. The zero-order chi connectivity index (χ0) is 10.7. The molecule has 0 aliphatic rings. The van der Waals surface area contributed by atoms with E-state index < -0.39 is 0 Å². The van der Waals surface area contributed by atoms with Crippen molar-refractivity contribution < 1.29 is 0 Å². The minimum absolute atomic E-state index is 0.587. The normalized spacial score (nSPS) is 10.5. The number of benzene rings is 1. The highest BCUT2D eigenvalue weighted by Crippen LogP contribution is 2.26. The maximum Gasteiger partial charge on any atom is 0.0568 e. The lowest BCUT2D eigenvalue weighted by Gasteiger charge is -1.99. The van der Waals surface area contributed by atoms with E-state index in [1.54, 1.807) is 6.20 Å². The molecule has 0 bridgehead atoms. The van der Waals surface area contributed by atoms with Crippen LogP contribution in [0.4, 0.5) is 0 Å². The number of hydrogen-bond donors (Lipinski definition) is 1. The van der Waals surface area contributed by atoms with Gasteiger partial charge in [-0.3, -0.25) is 4.68 Å². The predicted molar refractivity (Wildman–Crippen MR) is 61.7 cm³/mol. The van der Waals surface area contributed by atoms with Gasteiger partial charge in [0.2, 0.25) is 0 Å². The summed E-state index contributed by atoms with van der Waals surface area (Å²) in [6.07, 6.45) is 3.75. The van der Waals surface area contributed by atoms with E-state index in [2.05, 4.69) is 5.10 Å². The summed E-state index contributed by atoms with van der Waals surface area (Å²) in [4.78, 5) is 0. The van der Waals surface area contributed by atoms with Crippen LogP contribution >= 0.6 is 11.6 Å². The van der Waals surface area contributed by atoms with Crippen LogP contribution in [0.5, 0.6) is 0 Å². The molecule has 4 heteroatoms. The molecular weight excluding hydrogens is 210 g/mol. The van der Waals surface area contributed by atoms with Gasteiger partial charge in [0.1, 0.15) is 0 Å². The molecule has 3 nitrogen and oxygen atoms in total. The smallest absolute Gasteiger partial charge is 0.0568 e. The van der Waals surface area contributed by atoms with Crippen molar-refractivity contribution >= 4 is 11.6 Å². The van der Waals surface area contributed by atoms with Gasteiger partial charge in [0.05, 0.1) is 12.7 Å². The number of aromatic nitrogens is 2. The molecule has 0 saturated carbocycles. The van der Waals surface area contributed by atoms with E-state index in [9.17, 15) is 0 Å². The Morgan fingerprint density at radius 1 is 1.33 bits per heavy atom. The summed E-state index contributed by atoms with van der Waals surface area (Å²) in [7, 11) is 0. The Balaban J connectivity index is 2.33. The molecule has 1 aromatic heterocycles. The Bertz CT molecular complexity index is 451. The average molecular weight is 222 g/mol. The van der Waals surface area contributed by atoms with E-state index in [0.717, 1.165) is 22.7 Å². The van der Waals surface area contributed by atoms with Crippen LogP contribution in [0.2, 0.25) is 5.02 Å². The van der Waals surface area contributed by atoms with Gasteiger partial charge in [0.15, 0.2) is 0 Å². The van der Waals surface area contributed by atoms with Gasteiger partial charge in [-0.05, 0) is 6.07 Å². The number of hydrogen-bond acceptors (Lipinski definition) is 2. The fraction of sp³-hybridized carbons (Fsp3) is 0.182. The summed E-state index contributed by atoms with van der Waals surface area (Å²) in [5, 5.41) is 4.94. The van der Waals surface area contributed by atoms with E-state index in [4.69, 9.17) is 17.3 Å². The Kier molecular flexibility index (Phi) is 3.04. The maximum absolute atomic E-state index is 6.08. The molecule has 0 aliphatic carbocycles. The Hall–Kier alpha value is -1.32. The quantitative estimate of drug-likeness (QED) is 0.863. The van der Waals surface area contributed by atoms with Crippen molar-refractivity contribution in [1.82, 2.24) is 9.78 Å². The van der Waals surface area contributed by atoms with Crippen molar-refractivity contribution in [1.29, 1.82) is 0 Å². The Labute approximate surface area is 93.5 Å². The van der Waals surface area contributed by atoms with Crippen LogP contribution in [0.15, 0.2) is 36.7 Å². The number of halogens is 1. The molecule has 0 aliphatic heterocycles. The summed E-state index contributed by atoms with van der Waals surface area (Å²) >= 11 is 6.08. The number of nitrogens with two attached hydrogens (primary N) is 1. The summed E-state index contributed by atoms with van der Waals surface area (Å²) < 4.78 is 1.82. The highest BCUT2D eigenvalue weighted by Gasteiger charge is 2.04. The van der Waals surface area contributed by atoms with E-state index in [1.165, 1.54) is 0 Å². The van der Waals surface area contributed by atoms with Gasteiger partial charge in [0, 0.05) is 28.9 Å². The van der Waals surface area contributed by atoms with Crippen molar-refractivity contribution in [3.63, 3.8) is 0 Å². The minimum atomic E-state index is 0.587. The lowest BCUT2D eigenvalue weighted by atomic mass is 10.1. The van der Waals surface area contributed by atoms with Crippen LogP contribution < -0.4 is 5.73 Å². The lowest BCUT2D eigenvalue weighted by molar-refractivity contribution is 0.625. The summed E-state index contributed by atoms with van der Waals surface area (Å²) in [5.74, 6) is 0. The molecule has 1 heterocycles. The summed E-state index contributed by atoms with van der Waals surface area (Å²) in [6, 6.07) is 7.72. The van der Waals surface area contributed by atoms with Crippen molar-refractivity contribution in [3.05, 3.63) is 41.7 Å². The van der Waals surface area contributed by atoms with Crippen LogP contribution in [0.1, 0.15) is 0 Å². The lowest BCUT2D eigenvalue weighted by Crippen LogP contribution is -2.09. The first-order valence-electron chi connectivity index (χ1n) is 4.78. The fourth-order valence-electron chi connectivity index (χ4n) is 1.45. The van der Waals surface area contributed by atoms with Crippen LogP contribution in [0.25, 0.3) is 11.1 Å². The molecule has 0 amide bonds. The van der Waals surface area contributed by atoms with Gasteiger partial charge in [-0.15, -0.1) is 0 Å². The molecule has 0 spiro atoms. The number of rotatable bonds is 3. The van der Waals surface area contributed by atoms with Crippen molar-refractivity contribution in [2.75, 3.05) is 6.54 Å². The predicted octanol–water partition coefficient (Wildman–Crippen LogP) is 2.16. The second-order valence-electron chi connectivity index (χ2n) is 3.26. The first-order chi connectivity index (χ1) is 7.31. The summed E-state index contributed by atoms with van der Waals surface area (Å²) in [5.41, 5.74) is 7.48. The molecule has 1 aromatic carbocycles. The van der Waals surface area contributed by atoms with Crippen LogP contribution in [-0.4, -0.2) is 16.3 Å². The Morgan fingerprint density at radius 3 is 2.87 bits per heavy atom. The van der Waals surface area contributed by atoms with Crippen molar-refractivity contribution in [2.45, 2.75) is 6.54 Å². The van der Waals surface area contributed by atoms with Crippen LogP contribution in [0.3, 0.4) is 0 Å². The standard InChI is InChI=1S/C11H12ClN3/c12-11-4-2-1-3-10(11)9-7-14-15(8-9)6-5-13/h1-4,7-8H,5-6,13H2. The molecule has 0 unspecified atom stereocenters. The van der Waals surface area contributed by atoms with E-state index in [0.29, 0.717) is 6.54 Å². The molecule has 78 valence electrons. The maximum atomic E-state index is 6.08. The van der Waals surface area contributed by atoms with Crippen LogP contribution in [0, 0.1) is 0 Å². The second kappa shape index (κ2) is 4.47. The first-order valence-corrected chi connectivity index (χ1v) is 5.16. The van der Waals surface area contributed by atoms with Crippen molar-refractivity contribution in [3.8, 4) is 11.1 Å². The first kappa shape index (κ1) is 10.2. The van der Waals surface area contributed by atoms with Crippen molar-refractivity contribution in [2.24, 2.45) is 5.73 Å². The minimum Gasteiger partial charge on any atom is -0.329 e. The van der Waals surface area contributed by atoms with Gasteiger partial charge >= 0.3 is 0 Å². The molecule has 0 radical (unpaired) electrons. The number of nitrogens with zero attached hydrogens (tertiary/aromatic N) is 2. The van der Waals surface area contributed by atoms with Crippen LogP contribution in [-0.2, 0) is 6.54 Å². The highest BCUT2D eigenvalue weighted by atomic mass is 35.5. The highest BCUT2D eigenvalue weighted by molar-refractivity contribution is 6.33. The molecule has 0 atom stereocenters. The van der Waals surface area contributed by atoms with Gasteiger partial charge < -0.3 is 5.73 Å². The topological polar surface area (TPSA) is 43.8 Å². The largest absolute Gasteiger partial charge is 0.329 e.